The predicted molar refractivity (Wildman–Crippen MR) is 138 cm³/mol. The maximum atomic E-state index is 12.3. The van der Waals surface area contributed by atoms with Gasteiger partial charge in [0.2, 0.25) is 0 Å². The number of nitrogens with one attached hydrogen (secondary N) is 1. The molecule has 212 valence electrons. The Kier molecular flexibility index (Phi) is 15.5. The first-order valence-electron chi connectivity index (χ1n) is 12.4. The first kappa shape index (κ1) is 34.4. The zero-order valence-electron chi connectivity index (χ0n) is 23.3. The molecular weight excluding hydrogens is 492 g/mol. The molecule has 2 rings (SSSR count). The van der Waals surface area contributed by atoms with Crippen molar-refractivity contribution in [3.05, 3.63) is 0 Å². The van der Waals surface area contributed by atoms with Crippen LogP contribution in [0.5, 0.6) is 0 Å². The monoisotopic (exact) mass is 538 g/mol. The van der Waals surface area contributed by atoms with Gasteiger partial charge in [0, 0.05) is 26.8 Å². The minimum Gasteiger partial charge on any atom is -0.469 e. The summed E-state index contributed by atoms with van der Waals surface area (Å²) in [6.07, 6.45) is 3.05. The summed E-state index contributed by atoms with van der Waals surface area (Å²) in [4.78, 5) is 37.0. The number of carbonyl (C=O) groups is 3. The quantitative estimate of drug-likeness (QED) is 0.367. The van der Waals surface area contributed by atoms with Gasteiger partial charge in [-0.3, -0.25) is 9.59 Å². The molecule has 0 aromatic carbocycles. The maximum Gasteiger partial charge on any atom is 0.410 e. The van der Waals surface area contributed by atoms with Crippen LogP contribution < -0.4 is 5.32 Å². The third-order valence-corrected chi connectivity index (χ3v) is 6.48. The third-order valence-electron chi connectivity index (χ3n) is 6.48. The minimum absolute atomic E-state index is 0. The number of nitrogens with zero attached hydrogens (tertiary/aromatic N) is 1. The Morgan fingerprint density at radius 1 is 0.861 bits per heavy atom. The Morgan fingerprint density at radius 2 is 1.39 bits per heavy atom. The molecule has 0 unspecified atom stereocenters. The average molecular weight is 539 g/mol. The first-order chi connectivity index (χ1) is 16.4. The van der Waals surface area contributed by atoms with E-state index in [1.54, 1.807) is 26.0 Å². The van der Waals surface area contributed by atoms with Gasteiger partial charge in [0.05, 0.1) is 44.3 Å². The lowest BCUT2D eigenvalue weighted by Gasteiger charge is -2.34. The molecule has 2 fully saturated rings. The zero-order chi connectivity index (χ0) is 26.8. The number of esters is 2. The summed E-state index contributed by atoms with van der Waals surface area (Å²) in [5.41, 5.74) is -0.541. The van der Waals surface area contributed by atoms with Gasteiger partial charge in [-0.05, 0) is 66.8 Å². The fourth-order valence-electron chi connectivity index (χ4n) is 4.72. The second kappa shape index (κ2) is 16.3. The van der Waals surface area contributed by atoms with Crippen molar-refractivity contribution < 1.29 is 38.1 Å². The Morgan fingerprint density at radius 3 is 1.81 bits per heavy atom. The molecule has 1 N–H and O–H groups in total. The highest BCUT2D eigenvalue weighted by atomic mass is 35.5. The normalized spacial score (nSPS) is 22.8. The van der Waals surface area contributed by atoms with Gasteiger partial charge in [0.1, 0.15) is 5.60 Å². The third kappa shape index (κ3) is 10.0. The molecule has 2 aliphatic heterocycles. The summed E-state index contributed by atoms with van der Waals surface area (Å²) >= 11 is 0. The molecule has 11 heteroatoms. The van der Waals surface area contributed by atoms with Crippen molar-refractivity contribution in [3.8, 4) is 0 Å². The van der Waals surface area contributed by atoms with E-state index in [-0.39, 0.29) is 54.5 Å². The number of likely N-dealkylation sites (tertiary alicyclic amines) is 1. The standard InChI is InChI=1S/C15H27NO5.C10H19NO3.ClH/c1-10(13(17)20-6)12(19-5)11-8-7-9-16(11)14(18)21-15(2,3)4;1-7(10(12)14-3)9(13-2)8-5-4-6-11-8;/h10-12H,7-9H2,1-6H3;7-9,11H,4-6H2,1-3H3;1H/t10-,11+,12-;7-,8+,9-;/m11./s1. The van der Waals surface area contributed by atoms with Gasteiger partial charge in [-0.2, -0.15) is 0 Å². The number of ether oxygens (including phenoxy) is 5. The predicted octanol–water partition coefficient (Wildman–Crippen LogP) is 3.19. The number of carbonyl (C=O) groups excluding carboxylic acids is 3. The molecule has 36 heavy (non-hydrogen) atoms. The second-order valence-corrected chi connectivity index (χ2v) is 10.1. The van der Waals surface area contributed by atoms with E-state index in [0.29, 0.717) is 6.54 Å². The second-order valence-electron chi connectivity index (χ2n) is 10.1. The maximum absolute atomic E-state index is 12.3. The summed E-state index contributed by atoms with van der Waals surface area (Å²) in [5.74, 6) is -1.18. The van der Waals surface area contributed by atoms with E-state index in [2.05, 4.69) is 5.32 Å². The van der Waals surface area contributed by atoms with Crippen LogP contribution in [0.1, 0.15) is 60.3 Å². The van der Waals surface area contributed by atoms with Crippen LogP contribution in [0, 0.1) is 11.8 Å². The molecule has 0 aromatic rings. The van der Waals surface area contributed by atoms with Crippen molar-refractivity contribution in [2.75, 3.05) is 41.5 Å². The van der Waals surface area contributed by atoms with Gasteiger partial charge in [-0.15, -0.1) is 12.4 Å². The average Bonchev–Trinajstić information content (AvgIpc) is 3.51. The molecule has 2 aliphatic rings. The summed E-state index contributed by atoms with van der Waals surface area (Å²) in [5, 5.41) is 3.33. The zero-order valence-corrected chi connectivity index (χ0v) is 24.1. The molecule has 0 aromatic heterocycles. The van der Waals surface area contributed by atoms with Crippen LogP contribution in [0.25, 0.3) is 0 Å². The number of halogens is 1. The number of hydrogen-bond acceptors (Lipinski definition) is 9. The topological polar surface area (TPSA) is 113 Å². The van der Waals surface area contributed by atoms with Crippen LogP contribution in [0.4, 0.5) is 4.79 Å². The van der Waals surface area contributed by atoms with E-state index in [4.69, 9.17) is 23.7 Å². The number of methoxy groups -OCH3 is 4. The van der Waals surface area contributed by atoms with Crippen LogP contribution in [-0.4, -0.2) is 94.4 Å². The van der Waals surface area contributed by atoms with Gasteiger partial charge >= 0.3 is 18.0 Å². The van der Waals surface area contributed by atoms with Crippen molar-refractivity contribution in [3.63, 3.8) is 0 Å². The molecule has 0 saturated carbocycles. The van der Waals surface area contributed by atoms with Crippen molar-refractivity contribution in [2.45, 2.75) is 90.2 Å². The van der Waals surface area contributed by atoms with Crippen LogP contribution in [0.3, 0.4) is 0 Å². The fraction of sp³-hybridized carbons (Fsp3) is 0.880. The van der Waals surface area contributed by atoms with E-state index in [1.807, 2.05) is 27.7 Å². The molecule has 2 heterocycles. The van der Waals surface area contributed by atoms with Crippen molar-refractivity contribution in [2.24, 2.45) is 11.8 Å². The fourth-order valence-corrected chi connectivity index (χ4v) is 4.72. The van der Waals surface area contributed by atoms with Crippen molar-refractivity contribution >= 4 is 30.4 Å². The number of amides is 1. The minimum atomic E-state index is -0.541. The highest BCUT2D eigenvalue weighted by Gasteiger charge is 2.41. The molecule has 0 bridgehead atoms. The van der Waals surface area contributed by atoms with Gasteiger partial charge in [-0.1, -0.05) is 0 Å². The number of rotatable bonds is 8. The van der Waals surface area contributed by atoms with Crippen molar-refractivity contribution in [1.29, 1.82) is 0 Å². The van der Waals surface area contributed by atoms with Gasteiger partial charge in [0.15, 0.2) is 0 Å². The lowest BCUT2D eigenvalue weighted by molar-refractivity contribution is -0.151. The van der Waals surface area contributed by atoms with Crippen LogP contribution in [0.15, 0.2) is 0 Å². The SMILES string of the molecule is COC(=O)[C@H](C)[C@@H](OC)[C@@H]1CCCN1.COC(=O)[C@H](C)[C@@H](OC)[C@@H]1CCCN1C(=O)OC(C)(C)C.Cl. The Balaban J connectivity index is 0.000000713. The van der Waals surface area contributed by atoms with Gasteiger partial charge in [-0.25, -0.2) is 4.79 Å². The molecule has 0 aliphatic carbocycles. The van der Waals surface area contributed by atoms with Crippen molar-refractivity contribution in [1.82, 2.24) is 10.2 Å². The lowest BCUT2D eigenvalue weighted by Crippen LogP contribution is -2.49. The van der Waals surface area contributed by atoms with E-state index in [9.17, 15) is 14.4 Å². The van der Waals surface area contributed by atoms with Gasteiger partial charge < -0.3 is 33.9 Å². The Hall–Kier alpha value is -1.62. The Bertz CT molecular complexity index is 681. The first-order valence-corrected chi connectivity index (χ1v) is 12.4. The van der Waals surface area contributed by atoms with E-state index < -0.39 is 17.6 Å². The molecular formula is C25H47ClN2O8. The summed E-state index contributed by atoms with van der Waals surface area (Å²) in [7, 11) is 5.96. The molecule has 0 spiro atoms. The highest BCUT2D eigenvalue weighted by molar-refractivity contribution is 5.85. The largest absolute Gasteiger partial charge is 0.469 e. The summed E-state index contributed by atoms with van der Waals surface area (Å²) in [6, 6.07) is 0.119. The van der Waals surface area contributed by atoms with E-state index in [1.165, 1.54) is 14.2 Å². The lowest BCUT2D eigenvalue weighted by atomic mass is 9.96. The van der Waals surface area contributed by atoms with E-state index in [0.717, 1.165) is 32.2 Å². The van der Waals surface area contributed by atoms with Crippen LogP contribution in [-0.2, 0) is 33.3 Å². The molecule has 10 nitrogen and oxygen atoms in total. The molecule has 1 amide bonds. The Labute approximate surface area is 222 Å². The van der Waals surface area contributed by atoms with Crippen LogP contribution in [0.2, 0.25) is 0 Å². The molecule has 2 saturated heterocycles. The van der Waals surface area contributed by atoms with Gasteiger partial charge in [0.25, 0.3) is 0 Å². The van der Waals surface area contributed by atoms with E-state index >= 15 is 0 Å². The smallest absolute Gasteiger partial charge is 0.410 e. The summed E-state index contributed by atoms with van der Waals surface area (Å²) in [6.45, 7) is 10.7. The molecule has 6 atom stereocenters. The summed E-state index contributed by atoms with van der Waals surface area (Å²) < 4.78 is 25.7. The van der Waals surface area contributed by atoms with Crippen LogP contribution >= 0.6 is 12.4 Å². The molecule has 0 radical (unpaired) electrons. The number of hydrogen-bond donors (Lipinski definition) is 1. The highest BCUT2D eigenvalue weighted by Crippen LogP contribution is 2.28.